The Hall–Kier alpha value is -0.900. The summed E-state index contributed by atoms with van der Waals surface area (Å²) < 4.78 is 6.61. The SMILES string of the molecule is Clc1ccc(OCCNc2ccccc2Br)cc1Cl. The number of halogens is 3. The molecule has 2 nitrogen and oxygen atoms in total. The van der Waals surface area contributed by atoms with Crippen LogP contribution in [0.4, 0.5) is 5.69 Å². The van der Waals surface area contributed by atoms with Gasteiger partial charge in [-0.2, -0.15) is 0 Å². The summed E-state index contributed by atoms with van der Waals surface area (Å²) >= 11 is 15.2. The highest BCUT2D eigenvalue weighted by Crippen LogP contribution is 2.26. The molecule has 0 saturated carbocycles. The van der Waals surface area contributed by atoms with E-state index >= 15 is 0 Å². The van der Waals surface area contributed by atoms with Crippen molar-refractivity contribution in [3.05, 3.63) is 57.0 Å². The summed E-state index contributed by atoms with van der Waals surface area (Å²) in [6, 6.07) is 13.2. The van der Waals surface area contributed by atoms with Gasteiger partial charge in [0, 0.05) is 22.8 Å². The highest BCUT2D eigenvalue weighted by atomic mass is 79.9. The average molecular weight is 361 g/mol. The molecule has 0 amide bonds. The molecule has 1 N–H and O–H groups in total. The smallest absolute Gasteiger partial charge is 0.120 e. The van der Waals surface area contributed by atoms with Crippen molar-refractivity contribution in [2.45, 2.75) is 0 Å². The highest BCUT2D eigenvalue weighted by Gasteiger charge is 2.01. The van der Waals surface area contributed by atoms with Crippen molar-refractivity contribution in [3.63, 3.8) is 0 Å². The fraction of sp³-hybridized carbons (Fsp3) is 0.143. The van der Waals surface area contributed by atoms with E-state index in [4.69, 9.17) is 27.9 Å². The van der Waals surface area contributed by atoms with E-state index in [1.807, 2.05) is 24.3 Å². The maximum Gasteiger partial charge on any atom is 0.120 e. The van der Waals surface area contributed by atoms with Gasteiger partial charge in [0.05, 0.1) is 10.0 Å². The first-order valence-electron chi connectivity index (χ1n) is 5.73. The second kappa shape index (κ2) is 7.04. The first-order chi connectivity index (χ1) is 9.16. The van der Waals surface area contributed by atoms with Gasteiger partial charge in [0.1, 0.15) is 12.4 Å². The normalized spacial score (nSPS) is 10.3. The molecular formula is C14H12BrCl2NO. The van der Waals surface area contributed by atoms with Crippen LogP contribution in [-0.4, -0.2) is 13.2 Å². The van der Waals surface area contributed by atoms with Gasteiger partial charge in [-0.05, 0) is 40.2 Å². The molecule has 2 aromatic carbocycles. The second-order valence-electron chi connectivity index (χ2n) is 3.83. The fourth-order valence-electron chi connectivity index (χ4n) is 1.53. The number of rotatable bonds is 5. The van der Waals surface area contributed by atoms with Gasteiger partial charge in [0.15, 0.2) is 0 Å². The lowest BCUT2D eigenvalue weighted by atomic mass is 10.3. The Labute approximate surface area is 130 Å². The van der Waals surface area contributed by atoms with Crippen LogP contribution in [0.5, 0.6) is 5.75 Å². The van der Waals surface area contributed by atoms with E-state index in [2.05, 4.69) is 21.2 Å². The van der Waals surface area contributed by atoms with Gasteiger partial charge in [-0.3, -0.25) is 0 Å². The number of benzene rings is 2. The minimum absolute atomic E-state index is 0.498. The third-order valence-corrected chi connectivity index (χ3v) is 3.88. The number of para-hydroxylation sites is 1. The summed E-state index contributed by atoms with van der Waals surface area (Å²) in [6.45, 7) is 1.24. The number of ether oxygens (including phenoxy) is 1. The van der Waals surface area contributed by atoms with Crippen LogP contribution in [-0.2, 0) is 0 Å². The third kappa shape index (κ3) is 4.30. The molecule has 5 heteroatoms. The van der Waals surface area contributed by atoms with Crippen LogP contribution in [0.15, 0.2) is 46.9 Å². The summed E-state index contributed by atoms with van der Waals surface area (Å²) in [5, 5.41) is 4.30. The van der Waals surface area contributed by atoms with Crippen molar-refractivity contribution in [2.75, 3.05) is 18.5 Å². The lowest BCUT2D eigenvalue weighted by Gasteiger charge is -2.10. The van der Waals surface area contributed by atoms with Crippen LogP contribution >= 0.6 is 39.1 Å². The highest BCUT2D eigenvalue weighted by molar-refractivity contribution is 9.10. The number of hydrogen-bond acceptors (Lipinski definition) is 2. The van der Waals surface area contributed by atoms with Crippen LogP contribution in [0, 0.1) is 0 Å². The zero-order valence-electron chi connectivity index (χ0n) is 10.00. The molecule has 0 saturated heterocycles. The van der Waals surface area contributed by atoms with E-state index in [-0.39, 0.29) is 0 Å². The summed E-state index contributed by atoms with van der Waals surface area (Å²) in [5.74, 6) is 0.711. The largest absolute Gasteiger partial charge is 0.492 e. The van der Waals surface area contributed by atoms with Crippen molar-refractivity contribution in [3.8, 4) is 5.75 Å². The van der Waals surface area contributed by atoms with Gasteiger partial charge in [-0.15, -0.1) is 0 Å². The molecular weight excluding hydrogens is 349 g/mol. The summed E-state index contributed by atoms with van der Waals surface area (Å²) in [7, 11) is 0. The topological polar surface area (TPSA) is 21.3 Å². The summed E-state index contributed by atoms with van der Waals surface area (Å²) in [6.07, 6.45) is 0. The van der Waals surface area contributed by atoms with Crippen molar-refractivity contribution >= 4 is 44.8 Å². The van der Waals surface area contributed by atoms with Crippen LogP contribution in [0.25, 0.3) is 0 Å². The molecule has 0 aliphatic carbocycles. The minimum Gasteiger partial charge on any atom is -0.492 e. The van der Waals surface area contributed by atoms with Crippen LogP contribution < -0.4 is 10.1 Å². The third-order valence-electron chi connectivity index (χ3n) is 2.45. The average Bonchev–Trinajstić information content (AvgIpc) is 2.40. The van der Waals surface area contributed by atoms with E-state index in [1.54, 1.807) is 18.2 Å². The summed E-state index contributed by atoms with van der Waals surface area (Å²) in [5.41, 5.74) is 1.04. The van der Waals surface area contributed by atoms with Crippen LogP contribution in [0.1, 0.15) is 0 Å². The molecule has 0 aliphatic heterocycles. The number of nitrogens with one attached hydrogen (secondary N) is 1. The van der Waals surface area contributed by atoms with E-state index in [0.29, 0.717) is 28.9 Å². The van der Waals surface area contributed by atoms with Gasteiger partial charge < -0.3 is 10.1 Å². The molecule has 0 heterocycles. The van der Waals surface area contributed by atoms with Gasteiger partial charge in [-0.25, -0.2) is 0 Å². The molecule has 19 heavy (non-hydrogen) atoms. The van der Waals surface area contributed by atoms with Gasteiger partial charge in [0.2, 0.25) is 0 Å². The maximum atomic E-state index is 5.91. The predicted molar refractivity (Wildman–Crippen MR) is 84.6 cm³/mol. The zero-order valence-corrected chi connectivity index (χ0v) is 13.1. The van der Waals surface area contributed by atoms with Gasteiger partial charge in [-0.1, -0.05) is 35.3 Å². The predicted octanol–water partition coefficient (Wildman–Crippen LogP) is 5.25. The van der Waals surface area contributed by atoms with E-state index in [9.17, 15) is 0 Å². The quantitative estimate of drug-likeness (QED) is 0.735. The van der Waals surface area contributed by atoms with Crippen molar-refractivity contribution in [1.29, 1.82) is 0 Å². The maximum absolute atomic E-state index is 5.91. The molecule has 0 aromatic heterocycles. The first kappa shape index (κ1) is 14.5. The number of hydrogen-bond donors (Lipinski definition) is 1. The van der Waals surface area contributed by atoms with Gasteiger partial charge in [0.25, 0.3) is 0 Å². The van der Waals surface area contributed by atoms with E-state index < -0.39 is 0 Å². The molecule has 0 spiro atoms. The Morgan fingerprint density at radius 1 is 1.05 bits per heavy atom. The van der Waals surface area contributed by atoms with Crippen LogP contribution in [0.2, 0.25) is 10.0 Å². The van der Waals surface area contributed by atoms with Crippen molar-refractivity contribution < 1.29 is 4.74 Å². The minimum atomic E-state index is 0.498. The Morgan fingerprint density at radius 3 is 2.58 bits per heavy atom. The Bertz CT molecular complexity index is 563. The lowest BCUT2D eigenvalue weighted by molar-refractivity contribution is 0.333. The summed E-state index contributed by atoms with van der Waals surface area (Å²) in [4.78, 5) is 0. The molecule has 0 radical (unpaired) electrons. The standard InChI is InChI=1S/C14H12BrCl2NO/c15-11-3-1-2-4-14(11)18-7-8-19-10-5-6-12(16)13(17)9-10/h1-6,9,18H,7-8H2. The molecule has 0 bridgehead atoms. The Kier molecular flexibility index (Phi) is 5.37. The van der Waals surface area contributed by atoms with Crippen LogP contribution in [0.3, 0.4) is 0 Å². The zero-order chi connectivity index (χ0) is 13.7. The van der Waals surface area contributed by atoms with E-state index in [1.165, 1.54) is 0 Å². The molecule has 2 rings (SSSR count). The second-order valence-corrected chi connectivity index (χ2v) is 5.50. The molecule has 2 aromatic rings. The molecule has 100 valence electrons. The van der Waals surface area contributed by atoms with Gasteiger partial charge >= 0.3 is 0 Å². The molecule has 0 aliphatic rings. The molecule has 0 fully saturated rings. The van der Waals surface area contributed by atoms with Crippen molar-refractivity contribution in [2.24, 2.45) is 0 Å². The first-order valence-corrected chi connectivity index (χ1v) is 7.28. The molecule has 0 atom stereocenters. The number of anilines is 1. The van der Waals surface area contributed by atoms with E-state index in [0.717, 1.165) is 10.2 Å². The lowest BCUT2D eigenvalue weighted by Crippen LogP contribution is -2.11. The fourth-order valence-corrected chi connectivity index (χ4v) is 2.24. The Balaban J connectivity index is 1.81. The molecule has 0 unspecified atom stereocenters. The Morgan fingerprint density at radius 2 is 1.84 bits per heavy atom. The monoisotopic (exact) mass is 359 g/mol. The van der Waals surface area contributed by atoms with Crippen molar-refractivity contribution in [1.82, 2.24) is 0 Å².